The predicted octanol–water partition coefficient (Wildman–Crippen LogP) is 1.59. The molecular formula is C13H22N4OS. The first kappa shape index (κ1) is 15.9. The second-order valence-corrected chi connectivity index (χ2v) is 5.67. The van der Waals surface area contributed by atoms with E-state index < -0.39 is 5.54 Å². The molecule has 1 amide bonds. The van der Waals surface area contributed by atoms with E-state index in [1.807, 2.05) is 6.92 Å². The molecule has 0 saturated carbocycles. The molecule has 19 heavy (non-hydrogen) atoms. The van der Waals surface area contributed by atoms with Gasteiger partial charge in [0, 0.05) is 18.1 Å². The molecule has 0 aromatic carbocycles. The molecule has 0 fully saturated rings. The van der Waals surface area contributed by atoms with Gasteiger partial charge in [-0.15, -0.1) is 0 Å². The van der Waals surface area contributed by atoms with Crippen LogP contribution in [0.3, 0.4) is 0 Å². The summed E-state index contributed by atoms with van der Waals surface area (Å²) >= 11 is 1.59. The highest BCUT2D eigenvalue weighted by Crippen LogP contribution is 2.18. The Morgan fingerprint density at radius 2 is 2.16 bits per heavy atom. The second-order valence-electron chi connectivity index (χ2n) is 4.61. The number of aromatic nitrogens is 2. The summed E-state index contributed by atoms with van der Waals surface area (Å²) in [5.74, 6) is 0.586. The maximum atomic E-state index is 11.5. The van der Waals surface area contributed by atoms with Crippen LogP contribution in [0.15, 0.2) is 23.6 Å². The van der Waals surface area contributed by atoms with Gasteiger partial charge >= 0.3 is 0 Å². The summed E-state index contributed by atoms with van der Waals surface area (Å²) in [7, 11) is 0. The number of hydrogen-bond donors (Lipinski definition) is 2. The highest BCUT2D eigenvalue weighted by atomic mass is 32.2. The molecule has 1 unspecified atom stereocenters. The number of nitrogens with one attached hydrogen (secondary N) is 1. The van der Waals surface area contributed by atoms with Gasteiger partial charge in [-0.25, -0.2) is 9.97 Å². The van der Waals surface area contributed by atoms with Crippen LogP contribution in [0, 0.1) is 0 Å². The van der Waals surface area contributed by atoms with Gasteiger partial charge in [0.2, 0.25) is 5.91 Å². The largest absolute Gasteiger partial charge is 0.368 e. The van der Waals surface area contributed by atoms with E-state index >= 15 is 0 Å². The van der Waals surface area contributed by atoms with Crippen molar-refractivity contribution in [3.05, 3.63) is 18.5 Å². The molecule has 3 N–H and O–H groups in total. The molecule has 106 valence electrons. The fourth-order valence-corrected chi connectivity index (χ4v) is 2.39. The first-order valence-electron chi connectivity index (χ1n) is 6.53. The Morgan fingerprint density at radius 3 is 2.74 bits per heavy atom. The molecule has 0 spiro atoms. The summed E-state index contributed by atoms with van der Waals surface area (Å²) in [6, 6.07) is 1.79. The van der Waals surface area contributed by atoms with Crippen molar-refractivity contribution in [2.75, 3.05) is 12.3 Å². The van der Waals surface area contributed by atoms with Crippen LogP contribution in [0.2, 0.25) is 0 Å². The van der Waals surface area contributed by atoms with E-state index in [-0.39, 0.29) is 5.91 Å². The molecule has 1 heterocycles. The zero-order valence-corrected chi connectivity index (χ0v) is 12.4. The van der Waals surface area contributed by atoms with Crippen LogP contribution >= 0.6 is 11.8 Å². The molecule has 1 rings (SSSR count). The summed E-state index contributed by atoms with van der Waals surface area (Å²) in [5.41, 5.74) is 4.86. The third-order valence-corrected chi connectivity index (χ3v) is 3.87. The van der Waals surface area contributed by atoms with Gasteiger partial charge in [0.1, 0.15) is 0 Å². The lowest BCUT2D eigenvalue weighted by Crippen LogP contribution is -2.53. The van der Waals surface area contributed by atoms with Crippen molar-refractivity contribution >= 4 is 17.7 Å². The number of hydrogen-bond acceptors (Lipinski definition) is 5. The SMILES string of the molecule is CCCNC(C)(CCCSc1ncccn1)C(N)=O. The number of carbonyl (C=O) groups is 1. The Hall–Kier alpha value is -1.14. The van der Waals surface area contributed by atoms with Crippen molar-refractivity contribution in [1.29, 1.82) is 0 Å². The first-order chi connectivity index (χ1) is 9.08. The van der Waals surface area contributed by atoms with E-state index in [4.69, 9.17) is 5.73 Å². The van der Waals surface area contributed by atoms with E-state index in [2.05, 4.69) is 22.2 Å². The van der Waals surface area contributed by atoms with Crippen LogP contribution in [0.4, 0.5) is 0 Å². The molecular weight excluding hydrogens is 260 g/mol. The van der Waals surface area contributed by atoms with Crippen molar-refractivity contribution in [2.24, 2.45) is 5.73 Å². The van der Waals surface area contributed by atoms with Crippen LogP contribution < -0.4 is 11.1 Å². The topological polar surface area (TPSA) is 80.9 Å². The number of primary amides is 1. The predicted molar refractivity (Wildman–Crippen MR) is 77.9 cm³/mol. The maximum Gasteiger partial charge on any atom is 0.237 e. The number of nitrogens with two attached hydrogens (primary N) is 1. The van der Waals surface area contributed by atoms with E-state index in [0.717, 1.165) is 36.7 Å². The zero-order chi connectivity index (χ0) is 14.1. The van der Waals surface area contributed by atoms with E-state index in [9.17, 15) is 4.79 Å². The lowest BCUT2D eigenvalue weighted by atomic mass is 9.95. The summed E-state index contributed by atoms with van der Waals surface area (Å²) in [5, 5.41) is 4.00. The number of nitrogens with zero attached hydrogens (tertiary/aromatic N) is 2. The monoisotopic (exact) mass is 282 g/mol. The van der Waals surface area contributed by atoms with Gasteiger partial charge in [0.15, 0.2) is 5.16 Å². The summed E-state index contributed by atoms with van der Waals surface area (Å²) in [4.78, 5) is 19.8. The van der Waals surface area contributed by atoms with Crippen LogP contribution in [-0.2, 0) is 4.79 Å². The fourth-order valence-electron chi connectivity index (χ4n) is 1.65. The third-order valence-electron chi connectivity index (χ3n) is 2.90. The Morgan fingerprint density at radius 1 is 1.47 bits per heavy atom. The van der Waals surface area contributed by atoms with E-state index in [0.29, 0.717) is 0 Å². The lowest BCUT2D eigenvalue weighted by molar-refractivity contribution is -0.124. The summed E-state index contributed by atoms with van der Waals surface area (Å²) in [6.45, 7) is 4.74. The normalized spacial score (nSPS) is 14.0. The average molecular weight is 282 g/mol. The molecule has 1 aromatic rings. The molecule has 0 bridgehead atoms. The van der Waals surface area contributed by atoms with Crippen LogP contribution in [-0.4, -0.2) is 33.7 Å². The molecule has 5 nitrogen and oxygen atoms in total. The fraction of sp³-hybridized carbons (Fsp3) is 0.615. The van der Waals surface area contributed by atoms with Crippen LogP contribution in [0.25, 0.3) is 0 Å². The van der Waals surface area contributed by atoms with Crippen molar-refractivity contribution < 1.29 is 4.79 Å². The summed E-state index contributed by atoms with van der Waals surface area (Å²) < 4.78 is 0. The van der Waals surface area contributed by atoms with Gasteiger partial charge in [0.05, 0.1) is 5.54 Å². The molecule has 1 aromatic heterocycles. The van der Waals surface area contributed by atoms with Crippen LogP contribution in [0.5, 0.6) is 0 Å². The van der Waals surface area contributed by atoms with Crippen molar-refractivity contribution in [1.82, 2.24) is 15.3 Å². The minimum atomic E-state index is -0.617. The average Bonchev–Trinajstić information content (AvgIpc) is 2.42. The van der Waals surface area contributed by atoms with Gasteiger partial charge < -0.3 is 11.1 Å². The first-order valence-corrected chi connectivity index (χ1v) is 7.52. The molecule has 0 aliphatic rings. The molecule has 1 atom stereocenters. The highest BCUT2D eigenvalue weighted by molar-refractivity contribution is 7.99. The van der Waals surface area contributed by atoms with Crippen molar-refractivity contribution in [2.45, 2.75) is 43.8 Å². The van der Waals surface area contributed by atoms with Crippen molar-refractivity contribution in [3.63, 3.8) is 0 Å². The van der Waals surface area contributed by atoms with Gasteiger partial charge in [-0.3, -0.25) is 4.79 Å². The number of rotatable bonds is 9. The van der Waals surface area contributed by atoms with Crippen LogP contribution in [0.1, 0.15) is 33.1 Å². The van der Waals surface area contributed by atoms with Gasteiger partial charge in [0.25, 0.3) is 0 Å². The number of amides is 1. The lowest BCUT2D eigenvalue weighted by Gasteiger charge is -2.27. The third kappa shape index (κ3) is 5.57. The molecule has 0 radical (unpaired) electrons. The smallest absolute Gasteiger partial charge is 0.237 e. The van der Waals surface area contributed by atoms with Crippen molar-refractivity contribution in [3.8, 4) is 0 Å². The second kappa shape index (κ2) is 8.12. The van der Waals surface area contributed by atoms with Gasteiger partial charge in [-0.05, 0) is 38.8 Å². The Balaban J connectivity index is 2.34. The Labute approximate surface area is 118 Å². The van der Waals surface area contributed by atoms with E-state index in [1.54, 1.807) is 30.2 Å². The Kier molecular flexibility index (Phi) is 6.80. The quantitative estimate of drug-likeness (QED) is 0.408. The van der Waals surface area contributed by atoms with Gasteiger partial charge in [-0.2, -0.15) is 0 Å². The maximum absolute atomic E-state index is 11.5. The Bertz CT molecular complexity index is 387. The molecule has 6 heteroatoms. The van der Waals surface area contributed by atoms with E-state index in [1.165, 1.54) is 0 Å². The summed E-state index contributed by atoms with van der Waals surface area (Å²) in [6.07, 6.45) is 6.05. The van der Waals surface area contributed by atoms with Gasteiger partial charge in [-0.1, -0.05) is 18.7 Å². The minimum absolute atomic E-state index is 0.290. The number of thioether (sulfide) groups is 1. The minimum Gasteiger partial charge on any atom is -0.368 e. The molecule has 0 saturated heterocycles. The zero-order valence-electron chi connectivity index (χ0n) is 11.6. The molecule has 0 aliphatic carbocycles. The standard InChI is InChI=1S/C13H22N4OS/c1-3-7-17-13(2,11(14)18)6-4-10-19-12-15-8-5-9-16-12/h5,8-9,17H,3-4,6-7,10H2,1-2H3,(H2,14,18). The number of carbonyl (C=O) groups excluding carboxylic acids is 1. The highest BCUT2D eigenvalue weighted by Gasteiger charge is 2.29. The molecule has 0 aliphatic heterocycles.